The van der Waals surface area contributed by atoms with Crippen LogP contribution in [0.2, 0.25) is 10.2 Å². The molecule has 0 aliphatic heterocycles. The van der Waals surface area contributed by atoms with Gasteiger partial charge in [0.15, 0.2) is 10.4 Å². The van der Waals surface area contributed by atoms with Crippen molar-refractivity contribution in [3.8, 4) is 5.75 Å². The molecule has 1 aromatic heterocycles. The predicted octanol–water partition coefficient (Wildman–Crippen LogP) is 4.20. The van der Waals surface area contributed by atoms with Crippen LogP contribution in [0.3, 0.4) is 0 Å². The van der Waals surface area contributed by atoms with E-state index in [0.29, 0.717) is 0 Å². The van der Waals surface area contributed by atoms with Crippen LogP contribution >= 0.6 is 39.1 Å². The number of nitrogens with one attached hydrogen (secondary N) is 1. The molecular formula is C15H11BrCl2F3N3O4S. The lowest BCUT2D eigenvalue weighted by atomic mass is 10.3. The van der Waals surface area contributed by atoms with E-state index in [9.17, 15) is 26.4 Å². The van der Waals surface area contributed by atoms with Crippen molar-refractivity contribution in [1.29, 1.82) is 0 Å². The highest BCUT2D eigenvalue weighted by molar-refractivity contribution is 9.10. The van der Waals surface area contributed by atoms with Gasteiger partial charge in [-0.2, -0.15) is 13.2 Å². The minimum Gasteiger partial charge on any atom is -0.497 e. The number of imidazole rings is 1. The molecule has 1 aromatic carbocycles. The number of benzene rings is 1. The van der Waals surface area contributed by atoms with Gasteiger partial charge in [-0.3, -0.25) is 4.79 Å². The number of ether oxygens (including phenoxy) is 1. The number of hydrogen-bond acceptors (Lipinski definition) is 5. The van der Waals surface area contributed by atoms with Gasteiger partial charge in [0, 0.05) is 12.1 Å². The number of carbonyl (C=O) groups is 1. The molecule has 1 saturated carbocycles. The van der Waals surface area contributed by atoms with E-state index in [-0.39, 0.29) is 21.9 Å². The number of halogens is 6. The van der Waals surface area contributed by atoms with Crippen LogP contribution in [0.15, 0.2) is 27.8 Å². The van der Waals surface area contributed by atoms with Gasteiger partial charge in [-0.05, 0) is 34.5 Å². The normalized spacial score (nSPS) is 19.1. The minimum absolute atomic E-state index is 0.124. The maximum Gasteiger partial charge on any atom is 0.393 e. The first-order valence-electron chi connectivity index (χ1n) is 7.77. The van der Waals surface area contributed by atoms with Crippen molar-refractivity contribution in [3.05, 3.63) is 38.8 Å². The SMILES string of the molecule is COc1ccc(Cl)c(S(=O)(=O)NC(=O)c2nc(Br)n([C@H]3CC3C(F)(F)F)c2Cl)c1. The van der Waals surface area contributed by atoms with Crippen molar-refractivity contribution in [3.63, 3.8) is 0 Å². The number of alkyl halides is 3. The van der Waals surface area contributed by atoms with E-state index in [1.807, 2.05) is 0 Å². The van der Waals surface area contributed by atoms with E-state index in [4.69, 9.17) is 27.9 Å². The van der Waals surface area contributed by atoms with Crippen molar-refractivity contribution in [2.75, 3.05) is 7.11 Å². The summed E-state index contributed by atoms with van der Waals surface area (Å²) in [7, 11) is -3.13. The molecule has 1 heterocycles. The summed E-state index contributed by atoms with van der Waals surface area (Å²) in [5.41, 5.74) is -0.547. The summed E-state index contributed by atoms with van der Waals surface area (Å²) < 4.78 is 71.1. The molecule has 1 aliphatic carbocycles. The summed E-state index contributed by atoms with van der Waals surface area (Å²) in [6, 6.07) is 2.76. The molecule has 1 unspecified atom stereocenters. The summed E-state index contributed by atoms with van der Waals surface area (Å²) in [5.74, 6) is -2.67. The second-order valence-corrected chi connectivity index (χ2v) is 9.20. The molecule has 1 N–H and O–H groups in total. The largest absolute Gasteiger partial charge is 0.497 e. The molecule has 158 valence electrons. The highest BCUT2D eigenvalue weighted by atomic mass is 79.9. The second kappa shape index (κ2) is 7.64. The summed E-state index contributed by atoms with van der Waals surface area (Å²) in [6.07, 6.45) is -4.65. The lowest BCUT2D eigenvalue weighted by Crippen LogP contribution is -2.31. The second-order valence-electron chi connectivity index (χ2n) is 6.07. The van der Waals surface area contributed by atoms with Crippen LogP contribution in [0.1, 0.15) is 23.0 Å². The Hall–Kier alpha value is -1.50. The number of rotatable bonds is 5. The Labute approximate surface area is 181 Å². The van der Waals surface area contributed by atoms with Crippen LogP contribution in [-0.4, -0.2) is 37.2 Å². The van der Waals surface area contributed by atoms with Crippen molar-refractivity contribution in [1.82, 2.24) is 14.3 Å². The summed E-state index contributed by atoms with van der Waals surface area (Å²) in [5, 5.41) is -0.590. The third-order valence-corrected chi connectivity index (χ3v) is 6.92. The molecule has 1 aliphatic rings. The van der Waals surface area contributed by atoms with Gasteiger partial charge in [0.2, 0.25) is 0 Å². The van der Waals surface area contributed by atoms with Gasteiger partial charge >= 0.3 is 6.18 Å². The maximum absolute atomic E-state index is 12.8. The van der Waals surface area contributed by atoms with Crippen molar-refractivity contribution >= 4 is 55.1 Å². The molecule has 0 spiro atoms. The fraction of sp³-hybridized carbons (Fsp3) is 0.333. The number of carbonyl (C=O) groups excluding carboxylic acids is 1. The Kier molecular flexibility index (Phi) is 5.84. The predicted molar refractivity (Wildman–Crippen MR) is 101 cm³/mol. The number of aromatic nitrogens is 2. The topological polar surface area (TPSA) is 90.3 Å². The fourth-order valence-corrected chi connectivity index (χ4v) is 5.20. The van der Waals surface area contributed by atoms with Crippen molar-refractivity contribution in [2.24, 2.45) is 5.92 Å². The van der Waals surface area contributed by atoms with Gasteiger partial charge in [0.05, 0.1) is 18.1 Å². The molecule has 2 atom stereocenters. The van der Waals surface area contributed by atoms with Crippen molar-refractivity contribution in [2.45, 2.75) is 23.5 Å². The fourth-order valence-electron chi connectivity index (χ4n) is 2.67. The molecule has 3 rings (SSSR count). The van der Waals surface area contributed by atoms with Gasteiger partial charge in [-0.25, -0.2) is 18.1 Å². The standard InChI is InChI=1S/C15H11BrCl2F3N3O4S/c1-28-6-2-3-8(17)10(4-6)29(26,27)23-13(25)11-12(18)24(14(16)22-11)9-5-7(9)15(19,20)21/h2-4,7,9H,5H2,1H3,(H,23,25)/t7?,9-/m0/s1. The van der Waals surface area contributed by atoms with Gasteiger partial charge in [-0.1, -0.05) is 23.2 Å². The number of hydrogen-bond donors (Lipinski definition) is 1. The zero-order chi connectivity index (χ0) is 21.7. The average Bonchev–Trinajstić information content (AvgIpc) is 3.34. The molecule has 14 heteroatoms. The Morgan fingerprint density at radius 2 is 2.03 bits per heavy atom. The lowest BCUT2D eigenvalue weighted by molar-refractivity contribution is -0.150. The highest BCUT2D eigenvalue weighted by Gasteiger charge is 2.57. The lowest BCUT2D eigenvalue weighted by Gasteiger charge is -2.10. The van der Waals surface area contributed by atoms with Crippen LogP contribution in [-0.2, 0) is 10.0 Å². The molecule has 0 radical (unpaired) electrons. The average molecular weight is 537 g/mol. The van der Waals surface area contributed by atoms with E-state index in [1.54, 1.807) is 4.72 Å². The Balaban J connectivity index is 1.88. The van der Waals surface area contributed by atoms with Crippen LogP contribution in [0.25, 0.3) is 0 Å². The van der Waals surface area contributed by atoms with E-state index in [1.165, 1.54) is 19.2 Å². The van der Waals surface area contributed by atoms with Crippen LogP contribution in [0.5, 0.6) is 5.75 Å². The van der Waals surface area contributed by atoms with Crippen LogP contribution in [0, 0.1) is 5.92 Å². The highest BCUT2D eigenvalue weighted by Crippen LogP contribution is 2.55. The van der Waals surface area contributed by atoms with E-state index in [2.05, 4.69) is 20.9 Å². The Bertz CT molecular complexity index is 1090. The quantitative estimate of drug-likeness (QED) is 0.618. The van der Waals surface area contributed by atoms with Crippen molar-refractivity contribution < 1.29 is 31.1 Å². The third kappa shape index (κ3) is 4.35. The van der Waals surface area contributed by atoms with E-state index < -0.39 is 49.8 Å². The van der Waals surface area contributed by atoms with Gasteiger partial charge in [0.25, 0.3) is 15.9 Å². The first-order valence-corrected chi connectivity index (χ1v) is 10.8. The van der Waals surface area contributed by atoms with E-state index >= 15 is 0 Å². The smallest absolute Gasteiger partial charge is 0.393 e. The molecule has 1 fully saturated rings. The Morgan fingerprint density at radius 1 is 1.38 bits per heavy atom. The van der Waals surface area contributed by atoms with Crippen LogP contribution in [0.4, 0.5) is 13.2 Å². The summed E-state index contributed by atoms with van der Waals surface area (Å²) in [4.78, 5) is 15.8. The first-order chi connectivity index (χ1) is 13.4. The third-order valence-electron chi connectivity index (χ3n) is 4.19. The molecule has 0 bridgehead atoms. The zero-order valence-corrected chi connectivity index (χ0v) is 18.2. The molecular weight excluding hydrogens is 526 g/mol. The number of amides is 1. The van der Waals surface area contributed by atoms with Gasteiger partial charge in [0.1, 0.15) is 15.8 Å². The minimum atomic E-state index is -4.44. The molecule has 2 aromatic rings. The first kappa shape index (κ1) is 22.2. The molecule has 0 saturated heterocycles. The number of methoxy groups -OCH3 is 1. The van der Waals surface area contributed by atoms with Gasteiger partial charge < -0.3 is 9.30 Å². The monoisotopic (exact) mass is 535 g/mol. The van der Waals surface area contributed by atoms with Gasteiger partial charge in [-0.15, -0.1) is 0 Å². The molecule has 29 heavy (non-hydrogen) atoms. The van der Waals surface area contributed by atoms with E-state index in [0.717, 1.165) is 10.6 Å². The maximum atomic E-state index is 12.8. The number of nitrogens with zero attached hydrogens (tertiary/aromatic N) is 2. The number of sulfonamides is 1. The molecule has 1 amide bonds. The Morgan fingerprint density at radius 3 is 2.59 bits per heavy atom. The summed E-state index contributed by atoms with van der Waals surface area (Å²) in [6.45, 7) is 0. The zero-order valence-electron chi connectivity index (χ0n) is 14.3. The van der Waals surface area contributed by atoms with Crippen LogP contribution < -0.4 is 9.46 Å². The summed E-state index contributed by atoms with van der Waals surface area (Å²) >= 11 is 14.9. The molecule has 7 nitrogen and oxygen atoms in total.